The topological polar surface area (TPSA) is 85.1 Å². The maximum Gasteiger partial charge on any atom is 0.241 e. The van der Waals surface area contributed by atoms with Gasteiger partial charge in [-0.15, -0.1) is 0 Å². The number of aromatic nitrogens is 1. The van der Waals surface area contributed by atoms with Crippen LogP contribution >= 0.6 is 0 Å². The molecule has 1 aromatic heterocycles. The molecule has 0 amide bonds. The number of benzene rings is 1. The van der Waals surface area contributed by atoms with E-state index in [1.165, 1.54) is 13.8 Å². The van der Waals surface area contributed by atoms with Gasteiger partial charge >= 0.3 is 0 Å². The lowest BCUT2D eigenvalue weighted by atomic mass is 10.1. The van der Waals surface area contributed by atoms with Crippen molar-refractivity contribution >= 4 is 15.7 Å². The summed E-state index contributed by atoms with van der Waals surface area (Å²) in [7, 11) is -3.80. The van der Waals surface area contributed by atoms with E-state index in [2.05, 4.69) is 9.71 Å². The number of hydrogen-bond acceptors (Lipinski definition) is 4. The fourth-order valence-electron chi connectivity index (χ4n) is 2.09. The molecule has 0 spiro atoms. The lowest BCUT2D eigenvalue weighted by molar-refractivity contribution is 0.578. The van der Waals surface area contributed by atoms with Gasteiger partial charge in [0.2, 0.25) is 10.0 Å². The number of aryl methyl sites for hydroxylation is 1. The summed E-state index contributed by atoms with van der Waals surface area (Å²) in [5.74, 6) is -0.617. The molecule has 0 aliphatic heterocycles. The zero-order valence-electron chi connectivity index (χ0n) is 11.7. The first-order valence-electron chi connectivity index (χ1n) is 6.27. The number of anilines is 1. The molecule has 0 bridgehead atoms. The van der Waals surface area contributed by atoms with E-state index in [9.17, 15) is 12.8 Å². The van der Waals surface area contributed by atoms with Crippen LogP contribution in [0.2, 0.25) is 0 Å². The van der Waals surface area contributed by atoms with Crippen LogP contribution in [0.15, 0.2) is 35.4 Å². The molecule has 0 fully saturated rings. The summed E-state index contributed by atoms with van der Waals surface area (Å²) in [4.78, 5) is 4.05. The highest BCUT2D eigenvalue weighted by Gasteiger charge is 2.22. The van der Waals surface area contributed by atoms with Crippen LogP contribution in [0.5, 0.6) is 0 Å². The van der Waals surface area contributed by atoms with Crippen molar-refractivity contribution in [2.45, 2.75) is 25.3 Å². The van der Waals surface area contributed by atoms with Crippen molar-refractivity contribution in [2.24, 2.45) is 0 Å². The third-order valence-corrected chi connectivity index (χ3v) is 4.83. The maximum absolute atomic E-state index is 13.5. The van der Waals surface area contributed by atoms with Gasteiger partial charge in [0.1, 0.15) is 5.82 Å². The van der Waals surface area contributed by atoms with Crippen molar-refractivity contribution < 1.29 is 12.8 Å². The summed E-state index contributed by atoms with van der Waals surface area (Å²) in [6.07, 6.45) is 1.58. The summed E-state index contributed by atoms with van der Waals surface area (Å²) in [5.41, 5.74) is 6.53. The summed E-state index contributed by atoms with van der Waals surface area (Å²) in [5, 5.41) is 0. The van der Waals surface area contributed by atoms with E-state index in [0.717, 1.165) is 6.07 Å². The van der Waals surface area contributed by atoms with Crippen molar-refractivity contribution in [3.05, 3.63) is 53.1 Å². The third kappa shape index (κ3) is 3.20. The Balaban J connectivity index is 2.35. The Labute approximate surface area is 123 Å². The van der Waals surface area contributed by atoms with Gasteiger partial charge in [-0.2, -0.15) is 0 Å². The Hall–Kier alpha value is -1.99. The van der Waals surface area contributed by atoms with Gasteiger partial charge in [-0.1, -0.05) is 6.07 Å². The second kappa shape index (κ2) is 5.79. The van der Waals surface area contributed by atoms with Gasteiger partial charge < -0.3 is 5.73 Å². The zero-order chi connectivity index (χ0) is 15.6. The number of nitrogens with zero attached hydrogens (tertiary/aromatic N) is 1. The normalized spacial score (nSPS) is 11.6. The molecule has 0 radical (unpaired) electrons. The van der Waals surface area contributed by atoms with Crippen molar-refractivity contribution in [3.63, 3.8) is 0 Å². The first-order valence-corrected chi connectivity index (χ1v) is 7.76. The predicted molar refractivity (Wildman–Crippen MR) is 78.5 cm³/mol. The molecule has 2 rings (SSSR count). The maximum atomic E-state index is 13.5. The molecular formula is C14H16FN3O2S. The number of halogens is 1. The quantitative estimate of drug-likeness (QED) is 0.845. The second-order valence-electron chi connectivity index (χ2n) is 4.69. The van der Waals surface area contributed by atoms with Crippen molar-refractivity contribution in [3.8, 4) is 0 Å². The van der Waals surface area contributed by atoms with Gasteiger partial charge in [0.25, 0.3) is 0 Å². The minimum Gasteiger partial charge on any atom is -0.396 e. The number of rotatable bonds is 4. The molecule has 21 heavy (non-hydrogen) atoms. The smallest absolute Gasteiger partial charge is 0.241 e. The Morgan fingerprint density at radius 1 is 1.33 bits per heavy atom. The Bertz CT molecular complexity index is 762. The Morgan fingerprint density at radius 3 is 2.67 bits per heavy atom. The molecule has 0 aliphatic carbocycles. The van der Waals surface area contributed by atoms with Crippen LogP contribution < -0.4 is 10.5 Å². The standard InChI is InChI=1S/C14H16FN3O2S/c1-9-7-12(15)13(16)10(2)14(9)21(19,20)18-8-11-5-3-4-6-17-11/h3-7,18H,8,16H2,1-2H3. The fourth-order valence-corrected chi connectivity index (χ4v) is 3.57. The minimum absolute atomic E-state index is 0.0114. The average Bonchev–Trinajstić information content (AvgIpc) is 2.44. The average molecular weight is 309 g/mol. The number of sulfonamides is 1. The van der Waals surface area contributed by atoms with E-state index in [1.54, 1.807) is 24.4 Å². The second-order valence-corrected chi connectivity index (χ2v) is 6.39. The number of hydrogen-bond donors (Lipinski definition) is 2. The predicted octanol–water partition coefficient (Wildman–Crippen LogP) is 1.90. The molecule has 0 saturated heterocycles. The number of pyridine rings is 1. The molecule has 1 heterocycles. The SMILES string of the molecule is Cc1cc(F)c(N)c(C)c1S(=O)(=O)NCc1ccccn1. The number of nitrogens with one attached hydrogen (secondary N) is 1. The molecule has 1 aromatic carbocycles. The Kier molecular flexibility index (Phi) is 4.24. The summed E-state index contributed by atoms with van der Waals surface area (Å²) in [6.45, 7) is 3.07. The van der Waals surface area contributed by atoms with Gasteiger partial charge in [-0.3, -0.25) is 4.98 Å². The third-order valence-electron chi connectivity index (χ3n) is 3.14. The molecule has 3 N–H and O–H groups in total. The molecular weight excluding hydrogens is 293 g/mol. The minimum atomic E-state index is -3.80. The summed E-state index contributed by atoms with van der Waals surface area (Å²) >= 11 is 0. The van der Waals surface area contributed by atoms with E-state index in [-0.39, 0.29) is 22.7 Å². The molecule has 112 valence electrons. The van der Waals surface area contributed by atoms with Gasteiger partial charge in [0.15, 0.2) is 0 Å². The van der Waals surface area contributed by atoms with Crippen LogP contribution in [-0.4, -0.2) is 13.4 Å². The van der Waals surface area contributed by atoms with Crippen LogP contribution in [0.1, 0.15) is 16.8 Å². The van der Waals surface area contributed by atoms with E-state index in [0.29, 0.717) is 11.3 Å². The highest BCUT2D eigenvalue weighted by atomic mass is 32.2. The lowest BCUT2D eigenvalue weighted by Crippen LogP contribution is -2.25. The number of nitrogen functional groups attached to an aromatic ring is 1. The van der Waals surface area contributed by atoms with Crippen LogP contribution in [0.25, 0.3) is 0 Å². The van der Waals surface area contributed by atoms with Gasteiger partial charge in [-0.25, -0.2) is 17.5 Å². The highest BCUT2D eigenvalue weighted by molar-refractivity contribution is 7.89. The molecule has 0 aliphatic rings. The van der Waals surface area contributed by atoms with Crippen LogP contribution in [0.3, 0.4) is 0 Å². The van der Waals surface area contributed by atoms with E-state index in [1.807, 2.05) is 0 Å². The lowest BCUT2D eigenvalue weighted by Gasteiger charge is -2.14. The van der Waals surface area contributed by atoms with Gasteiger partial charge in [0.05, 0.1) is 22.8 Å². The highest BCUT2D eigenvalue weighted by Crippen LogP contribution is 2.27. The molecule has 7 heteroatoms. The molecule has 2 aromatic rings. The van der Waals surface area contributed by atoms with E-state index in [4.69, 9.17) is 5.73 Å². The molecule has 0 atom stereocenters. The fraction of sp³-hybridized carbons (Fsp3) is 0.214. The first kappa shape index (κ1) is 15.4. The molecule has 5 nitrogen and oxygen atoms in total. The zero-order valence-corrected chi connectivity index (χ0v) is 12.5. The van der Waals surface area contributed by atoms with Crippen molar-refractivity contribution in [1.82, 2.24) is 9.71 Å². The molecule has 0 saturated carbocycles. The largest absolute Gasteiger partial charge is 0.396 e. The number of nitrogens with two attached hydrogens (primary N) is 1. The monoisotopic (exact) mass is 309 g/mol. The van der Waals surface area contributed by atoms with E-state index >= 15 is 0 Å². The van der Waals surface area contributed by atoms with Crippen LogP contribution in [-0.2, 0) is 16.6 Å². The summed E-state index contributed by atoms with van der Waals surface area (Å²) in [6, 6.07) is 6.34. The van der Waals surface area contributed by atoms with Gasteiger partial charge in [-0.05, 0) is 43.2 Å². The Morgan fingerprint density at radius 2 is 2.05 bits per heavy atom. The van der Waals surface area contributed by atoms with Crippen LogP contribution in [0, 0.1) is 19.7 Å². The summed E-state index contributed by atoms with van der Waals surface area (Å²) < 4.78 is 40.7. The van der Waals surface area contributed by atoms with Gasteiger partial charge in [0, 0.05) is 6.20 Å². The van der Waals surface area contributed by atoms with Crippen molar-refractivity contribution in [2.75, 3.05) is 5.73 Å². The van der Waals surface area contributed by atoms with Crippen molar-refractivity contribution in [1.29, 1.82) is 0 Å². The van der Waals surface area contributed by atoms with Crippen LogP contribution in [0.4, 0.5) is 10.1 Å². The first-order chi connectivity index (χ1) is 9.83. The molecule has 0 unspecified atom stereocenters. The van der Waals surface area contributed by atoms with E-state index < -0.39 is 15.8 Å².